The van der Waals surface area contributed by atoms with E-state index in [0.29, 0.717) is 21.3 Å². The van der Waals surface area contributed by atoms with E-state index in [1.54, 1.807) is 31.2 Å². The number of primary amides is 1. The van der Waals surface area contributed by atoms with Crippen LogP contribution in [0, 0.1) is 0 Å². The van der Waals surface area contributed by atoms with E-state index in [-0.39, 0.29) is 12.4 Å². The summed E-state index contributed by atoms with van der Waals surface area (Å²) in [6.07, 6.45) is 1.62. The molecule has 30 heavy (non-hydrogen) atoms. The van der Waals surface area contributed by atoms with Crippen LogP contribution in [0.5, 0.6) is 10.8 Å². The fraction of sp³-hybridized carbons (Fsp3) is 0.350. The molecular formula is C20H23N3O5S2. The van der Waals surface area contributed by atoms with E-state index in [2.05, 4.69) is 5.43 Å². The van der Waals surface area contributed by atoms with Crippen molar-refractivity contribution in [1.82, 2.24) is 10.4 Å². The number of ether oxygens (including phenoxy) is 1. The van der Waals surface area contributed by atoms with Crippen LogP contribution in [0.4, 0.5) is 0 Å². The first kappa shape index (κ1) is 20.9. The minimum atomic E-state index is -3.60. The minimum absolute atomic E-state index is 0.107. The number of thiophene rings is 1. The number of fused-ring (bicyclic) bond motifs is 2. The lowest BCUT2D eigenvalue weighted by Crippen LogP contribution is -2.26. The Morgan fingerprint density at radius 2 is 2.00 bits per heavy atom. The van der Waals surface area contributed by atoms with Crippen LogP contribution in [0.2, 0.25) is 0 Å². The third kappa shape index (κ3) is 4.08. The maximum absolute atomic E-state index is 12.0. The smallest absolute Gasteiger partial charge is 0.271 e. The summed E-state index contributed by atoms with van der Waals surface area (Å²) in [6, 6.07) is 6.79. The Morgan fingerprint density at radius 1 is 1.27 bits per heavy atom. The molecule has 0 saturated heterocycles. The first-order chi connectivity index (χ1) is 14.3. The SMILES string of the molecule is CCOS(=O)(=O)Cc1ccc(Oc2sc(C(N)=O)c3c2C2=C(CC3)CN(C)N2)cc1. The van der Waals surface area contributed by atoms with Gasteiger partial charge in [-0.2, -0.15) is 8.42 Å². The number of nitrogens with two attached hydrogens (primary N) is 1. The summed E-state index contributed by atoms with van der Waals surface area (Å²) in [5.41, 5.74) is 13.6. The Balaban J connectivity index is 1.62. The normalized spacial score (nSPS) is 16.2. The number of hydrazine groups is 1. The Kier molecular flexibility index (Phi) is 5.58. The zero-order chi connectivity index (χ0) is 21.5. The molecule has 0 fully saturated rings. The maximum Gasteiger partial charge on any atom is 0.271 e. The summed E-state index contributed by atoms with van der Waals surface area (Å²) in [5, 5.41) is 2.60. The van der Waals surface area contributed by atoms with Gasteiger partial charge in [-0.1, -0.05) is 23.5 Å². The molecule has 1 aromatic carbocycles. The molecule has 0 saturated carbocycles. The van der Waals surface area contributed by atoms with Gasteiger partial charge in [0.15, 0.2) is 5.06 Å². The highest BCUT2D eigenvalue weighted by Gasteiger charge is 2.33. The Bertz CT molecular complexity index is 1120. The quantitative estimate of drug-likeness (QED) is 0.625. The van der Waals surface area contributed by atoms with Crippen LogP contribution >= 0.6 is 11.3 Å². The molecule has 10 heteroatoms. The van der Waals surface area contributed by atoms with Crippen LogP contribution in [0.3, 0.4) is 0 Å². The molecule has 2 aromatic rings. The van der Waals surface area contributed by atoms with Gasteiger partial charge in [-0.3, -0.25) is 8.98 Å². The topological polar surface area (TPSA) is 111 Å². The van der Waals surface area contributed by atoms with E-state index in [0.717, 1.165) is 36.2 Å². The van der Waals surface area contributed by atoms with Gasteiger partial charge >= 0.3 is 0 Å². The number of carbonyl (C=O) groups excluding carboxylic acids is 1. The van der Waals surface area contributed by atoms with E-state index in [9.17, 15) is 13.2 Å². The van der Waals surface area contributed by atoms with Crippen molar-refractivity contribution in [3.63, 3.8) is 0 Å². The molecule has 1 aliphatic heterocycles. The third-order valence-corrected chi connectivity index (χ3v) is 7.39. The van der Waals surface area contributed by atoms with E-state index < -0.39 is 16.0 Å². The van der Waals surface area contributed by atoms with Gasteiger partial charge in [0, 0.05) is 13.6 Å². The van der Waals surface area contributed by atoms with Crippen LogP contribution in [-0.2, 0) is 26.5 Å². The molecule has 1 amide bonds. The van der Waals surface area contributed by atoms with Gasteiger partial charge in [-0.15, -0.1) is 0 Å². The molecular weight excluding hydrogens is 426 g/mol. The second-order valence-electron chi connectivity index (χ2n) is 7.24. The van der Waals surface area contributed by atoms with Crippen molar-refractivity contribution in [1.29, 1.82) is 0 Å². The average molecular weight is 450 g/mol. The second-order valence-corrected chi connectivity index (χ2v) is 9.86. The zero-order valence-corrected chi connectivity index (χ0v) is 18.4. The molecule has 4 rings (SSSR count). The molecule has 0 unspecified atom stereocenters. The highest BCUT2D eigenvalue weighted by Crippen LogP contribution is 2.47. The van der Waals surface area contributed by atoms with Crippen molar-refractivity contribution in [2.24, 2.45) is 5.73 Å². The summed E-state index contributed by atoms with van der Waals surface area (Å²) in [4.78, 5) is 12.5. The van der Waals surface area contributed by atoms with Gasteiger partial charge in [0.1, 0.15) is 11.5 Å². The van der Waals surface area contributed by atoms with Gasteiger partial charge < -0.3 is 15.9 Å². The molecule has 2 heterocycles. The molecule has 1 aliphatic carbocycles. The van der Waals surface area contributed by atoms with Gasteiger partial charge in [-0.05, 0) is 48.6 Å². The number of rotatable bonds is 7. The fourth-order valence-electron chi connectivity index (χ4n) is 3.78. The molecule has 1 aromatic heterocycles. The van der Waals surface area contributed by atoms with Crippen LogP contribution in [0.15, 0.2) is 29.8 Å². The van der Waals surface area contributed by atoms with E-state index >= 15 is 0 Å². The first-order valence-corrected chi connectivity index (χ1v) is 12.0. The van der Waals surface area contributed by atoms with Gasteiger partial charge in [0.2, 0.25) is 0 Å². The Hall–Kier alpha value is -2.40. The van der Waals surface area contributed by atoms with Crippen LogP contribution in [-0.4, -0.2) is 39.5 Å². The van der Waals surface area contributed by atoms with Crippen molar-refractivity contribution < 1.29 is 22.1 Å². The first-order valence-electron chi connectivity index (χ1n) is 9.57. The molecule has 2 aliphatic rings. The number of amides is 1. The largest absolute Gasteiger partial charge is 0.446 e. The zero-order valence-electron chi connectivity index (χ0n) is 16.7. The summed E-state index contributed by atoms with van der Waals surface area (Å²) in [5.74, 6) is -0.113. The third-order valence-electron chi connectivity index (χ3n) is 4.98. The Morgan fingerprint density at radius 3 is 2.67 bits per heavy atom. The molecule has 8 nitrogen and oxygen atoms in total. The lowest BCUT2D eigenvalue weighted by Gasteiger charge is -2.17. The number of benzene rings is 1. The van der Waals surface area contributed by atoms with Crippen LogP contribution in [0.1, 0.15) is 39.7 Å². The lowest BCUT2D eigenvalue weighted by molar-refractivity contribution is 0.100. The van der Waals surface area contributed by atoms with Crippen LogP contribution < -0.4 is 15.9 Å². The van der Waals surface area contributed by atoms with Crippen molar-refractivity contribution in [2.75, 3.05) is 20.2 Å². The molecule has 0 spiro atoms. The molecule has 160 valence electrons. The van der Waals surface area contributed by atoms with Gasteiger partial charge in [-0.25, -0.2) is 5.01 Å². The Labute approximate surface area is 179 Å². The van der Waals surface area contributed by atoms with Gasteiger partial charge in [0.25, 0.3) is 16.0 Å². The predicted molar refractivity (Wildman–Crippen MR) is 115 cm³/mol. The highest BCUT2D eigenvalue weighted by atomic mass is 32.2. The van der Waals surface area contributed by atoms with Crippen molar-refractivity contribution in [3.05, 3.63) is 51.4 Å². The second kappa shape index (κ2) is 8.03. The maximum atomic E-state index is 12.0. The predicted octanol–water partition coefficient (Wildman–Crippen LogP) is 2.61. The van der Waals surface area contributed by atoms with E-state index in [1.165, 1.54) is 16.9 Å². The molecule has 0 radical (unpaired) electrons. The lowest BCUT2D eigenvalue weighted by atomic mass is 9.91. The van der Waals surface area contributed by atoms with Crippen LogP contribution in [0.25, 0.3) is 5.70 Å². The summed E-state index contributed by atoms with van der Waals surface area (Å²) in [7, 11) is -1.63. The van der Waals surface area contributed by atoms with Crippen molar-refractivity contribution in [3.8, 4) is 10.8 Å². The molecule has 0 atom stereocenters. The molecule has 3 N–H and O–H groups in total. The monoisotopic (exact) mass is 449 g/mol. The number of likely N-dealkylation sites (N-methyl/N-ethyl adjacent to an activating group) is 1. The van der Waals surface area contributed by atoms with Crippen molar-refractivity contribution in [2.45, 2.75) is 25.5 Å². The fourth-order valence-corrected chi connectivity index (χ4v) is 5.90. The number of nitrogens with one attached hydrogen (secondary N) is 1. The highest BCUT2D eigenvalue weighted by molar-refractivity contribution is 7.85. The number of nitrogens with zero attached hydrogens (tertiary/aromatic N) is 1. The van der Waals surface area contributed by atoms with Crippen molar-refractivity contribution >= 4 is 33.1 Å². The minimum Gasteiger partial charge on any atom is -0.446 e. The number of carbonyl (C=O) groups is 1. The summed E-state index contributed by atoms with van der Waals surface area (Å²) < 4.78 is 34.5. The standard InChI is InChI=1S/C20H23N3O5S2/c1-3-27-30(25,26)11-12-4-7-14(8-5-12)28-20-16-15(18(29-20)19(21)24)9-6-13-10-23(2)22-17(13)16/h4-5,7-8,22H,3,6,9-11H2,1-2H3,(H2,21,24). The summed E-state index contributed by atoms with van der Waals surface area (Å²) >= 11 is 1.24. The number of hydrogen-bond acceptors (Lipinski definition) is 8. The summed E-state index contributed by atoms with van der Waals surface area (Å²) in [6.45, 7) is 2.56. The van der Waals surface area contributed by atoms with Gasteiger partial charge in [0.05, 0.1) is 22.7 Å². The van der Waals surface area contributed by atoms with E-state index in [1.807, 2.05) is 12.1 Å². The average Bonchev–Trinajstić information content (AvgIpc) is 3.22. The van der Waals surface area contributed by atoms with E-state index in [4.69, 9.17) is 14.7 Å². The molecule has 0 bridgehead atoms. The number of hydrogen-bond donors (Lipinski definition) is 2.